The average Bonchev–Trinajstić information content (AvgIpc) is 3.19. The molecule has 28 heavy (non-hydrogen) atoms. The van der Waals surface area contributed by atoms with Crippen LogP contribution in [-0.2, 0) is 19.1 Å². The number of halogens is 5. The van der Waals surface area contributed by atoms with E-state index in [0.29, 0.717) is 16.7 Å². The first-order chi connectivity index (χ1) is 13.1. The van der Waals surface area contributed by atoms with Crippen LogP contribution in [0, 0.1) is 5.82 Å². The molecule has 148 valence electrons. The van der Waals surface area contributed by atoms with E-state index in [9.17, 15) is 22.4 Å². The number of aromatic nitrogens is 4. The zero-order valence-electron chi connectivity index (χ0n) is 14.9. The van der Waals surface area contributed by atoms with Crippen LogP contribution in [0.15, 0.2) is 35.1 Å². The zero-order chi connectivity index (χ0) is 20.6. The molecule has 0 saturated carbocycles. The zero-order valence-corrected chi connectivity index (χ0v) is 16.5. The van der Waals surface area contributed by atoms with Crippen LogP contribution in [0.5, 0.6) is 0 Å². The molecule has 10 heteroatoms. The van der Waals surface area contributed by atoms with Crippen molar-refractivity contribution in [3.63, 3.8) is 0 Å². The van der Waals surface area contributed by atoms with Gasteiger partial charge in [0.05, 0.1) is 11.9 Å². The Kier molecular flexibility index (Phi) is 5.42. The van der Waals surface area contributed by atoms with Gasteiger partial charge in [0.2, 0.25) is 0 Å². The molecular weight excluding hydrogens is 444 g/mol. The Balaban J connectivity index is 2.17. The number of carbonyl (C=O) groups excluding carboxylic acids is 1. The highest BCUT2D eigenvalue weighted by Crippen LogP contribution is 2.32. The molecule has 0 aliphatic heterocycles. The van der Waals surface area contributed by atoms with Crippen LogP contribution >= 0.6 is 15.9 Å². The predicted octanol–water partition coefficient (Wildman–Crippen LogP) is 4.80. The van der Waals surface area contributed by atoms with Gasteiger partial charge in [0.15, 0.2) is 11.5 Å². The number of ketones is 1. The summed E-state index contributed by atoms with van der Waals surface area (Å²) >= 11 is 3.39. The highest BCUT2D eigenvalue weighted by molar-refractivity contribution is 9.10. The first-order valence-electron chi connectivity index (χ1n) is 8.29. The third-order valence-electron chi connectivity index (χ3n) is 4.16. The molecule has 3 rings (SSSR count). The predicted molar refractivity (Wildman–Crippen MR) is 96.9 cm³/mol. The van der Waals surface area contributed by atoms with Crippen LogP contribution < -0.4 is 0 Å². The van der Waals surface area contributed by atoms with Gasteiger partial charge in [-0.1, -0.05) is 0 Å². The maximum atomic E-state index is 13.6. The molecule has 1 aromatic carbocycles. The van der Waals surface area contributed by atoms with Gasteiger partial charge in [-0.05, 0) is 54.0 Å². The van der Waals surface area contributed by atoms with E-state index in [-0.39, 0.29) is 23.4 Å². The standard InChI is InChI=1S/C18H15BrF4N4O/c1-3-26-17(19)11(9-24-26)6-13-8-16(18(21,22)23)25-27(13)15-5-4-12(20)7-14(15)10(2)28/h4-5,7-9H,3,6H2,1-2H3. The minimum absolute atomic E-state index is 0.0543. The maximum Gasteiger partial charge on any atom is 0.435 e. The molecule has 0 amide bonds. The first-order valence-corrected chi connectivity index (χ1v) is 9.08. The Hall–Kier alpha value is -2.49. The van der Waals surface area contributed by atoms with Crippen LogP contribution in [0.2, 0.25) is 0 Å². The monoisotopic (exact) mass is 458 g/mol. The number of aryl methyl sites for hydroxylation is 1. The number of hydrogen-bond donors (Lipinski definition) is 0. The summed E-state index contributed by atoms with van der Waals surface area (Å²) < 4.78 is 56.7. The second kappa shape index (κ2) is 7.50. The van der Waals surface area contributed by atoms with Gasteiger partial charge in [0, 0.05) is 29.8 Å². The molecule has 0 N–H and O–H groups in total. The number of rotatable bonds is 5. The third kappa shape index (κ3) is 3.87. The van der Waals surface area contributed by atoms with E-state index in [0.717, 1.165) is 22.9 Å². The molecule has 0 saturated heterocycles. The van der Waals surface area contributed by atoms with E-state index in [1.54, 1.807) is 10.9 Å². The minimum Gasteiger partial charge on any atom is -0.294 e. The molecule has 0 aliphatic rings. The van der Waals surface area contributed by atoms with Gasteiger partial charge >= 0.3 is 6.18 Å². The van der Waals surface area contributed by atoms with E-state index in [1.165, 1.54) is 13.0 Å². The van der Waals surface area contributed by atoms with Crippen molar-refractivity contribution in [2.24, 2.45) is 0 Å². The number of alkyl halides is 3. The van der Waals surface area contributed by atoms with E-state index >= 15 is 0 Å². The lowest BCUT2D eigenvalue weighted by molar-refractivity contribution is -0.141. The van der Waals surface area contributed by atoms with Crippen LogP contribution in [0.4, 0.5) is 17.6 Å². The smallest absolute Gasteiger partial charge is 0.294 e. The van der Waals surface area contributed by atoms with E-state index in [2.05, 4.69) is 26.1 Å². The van der Waals surface area contributed by atoms with Crippen molar-refractivity contribution in [1.82, 2.24) is 19.6 Å². The van der Waals surface area contributed by atoms with Gasteiger partial charge in [-0.15, -0.1) is 0 Å². The molecule has 0 atom stereocenters. The van der Waals surface area contributed by atoms with Crippen molar-refractivity contribution in [1.29, 1.82) is 0 Å². The topological polar surface area (TPSA) is 52.7 Å². The van der Waals surface area contributed by atoms with Crippen LogP contribution in [0.1, 0.15) is 41.2 Å². The van der Waals surface area contributed by atoms with Gasteiger partial charge in [-0.25, -0.2) is 9.07 Å². The van der Waals surface area contributed by atoms with Crippen molar-refractivity contribution in [2.75, 3.05) is 0 Å². The lowest BCUT2D eigenvalue weighted by Gasteiger charge is -2.11. The maximum absolute atomic E-state index is 13.6. The van der Waals surface area contributed by atoms with Crippen molar-refractivity contribution in [3.8, 4) is 5.69 Å². The summed E-state index contributed by atoms with van der Waals surface area (Å²) in [6.07, 6.45) is -3.03. The van der Waals surface area contributed by atoms with E-state index in [4.69, 9.17) is 0 Å². The Labute approximate surface area is 166 Å². The number of hydrogen-bond acceptors (Lipinski definition) is 3. The Bertz CT molecular complexity index is 1040. The summed E-state index contributed by atoms with van der Waals surface area (Å²) in [6.45, 7) is 3.68. The van der Waals surface area contributed by atoms with Gasteiger partial charge in [-0.3, -0.25) is 9.48 Å². The SMILES string of the molecule is CCn1ncc(Cc2cc(C(F)(F)F)nn2-c2ccc(F)cc2C(C)=O)c1Br. The van der Waals surface area contributed by atoms with Crippen LogP contribution in [-0.4, -0.2) is 25.3 Å². The fraction of sp³-hybridized carbons (Fsp3) is 0.278. The van der Waals surface area contributed by atoms with Gasteiger partial charge in [-0.2, -0.15) is 23.4 Å². The number of Topliss-reactive ketones (excluding diaryl/α,β-unsaturated/α-hetero) is 1. The van der Waals surface area contributed by atoms with Crippen LogP contribution in [0.25, 0.3) is 5.69 Å². The Morgan fingerprint density at radius 2 is 1.96 bits per heavy atom. The molecule has 0 unspecified atom stereocenters. The Morgan fingerprint density at radius 1 is 1.25 bits per heavy atom. The molecular formula is C18H15BrF4N4O. The van der Waals surface area contributed by atoms with E-state index in [1.807, 2.05) is 6.92 Å². The highest BCUT2D eigenvalue weighted by Gasteiger charge is 2.35. The summed E-state index contributed by atoms with van der Waals surface area (Å²) in [5.41, 5.74) is -0.221. The largest absolute Gasteiger partial charge is 0.435 e. The molecule has 3 aromatic rings. The van der Waals surface area contributed by atoms with Crippen molar-refractivity contribution >= 4 is 21.7 Å². The number of benzene rings is 1. The molecule has 0 aliphatic carbocycles. The molecule has 0 fully saturated rings. The lowest BCUT2D eigenvalue weighted by atomic mass is 10.1. The molecule has 2 heterocycles. The molecule has 2 aromatic heterocycles. The first kappa shape index (κ1) is 20.2. The van der Waals surface area contributed by atoms with Crippen LogP contribution in [0.3, 0.4) is 0 Å². The van der Waals surface area contributed by atoms with Gasteiger partial charge in [0.25, 0.3) is 0 Å². The average molecular weight is 459 g/mol. The van der Waals surface area contributed by atoms with Crippen molar-refractivity contribution in [3.05, 3.63) is 63.4 Å². The van der Waals surface area contributed by atoms with Crippen molar-refractivity contribution in [2.45, 2.75) is 33.0 Å². The van der Waals surface area contributed by atoms with Crippen molar-refractivity contribution < 1.29 is 22.4 Å². The fourth-order valence-corrected chi connectivity index (χ4v) is 3.40. The summed E-state index contributed by atoms with van der Waals surface area (Å²) in [5, 5.41) is 7.81. The quantitative estimate of drug-likeness (QED) is 0.407. The van der Waals surface area contributed by atoms with E-state index < -0.39 is 23.5 Å². The molecule has 0 radical (unpaired) electrons. The summed E-state index contributed by atoms with van der Waals surface area (Å²) in [7, 11) is 0. The summed E-state index contributed by atoms with van der Waals surface area (Å²) in [6, 6.07) is 4.23. The molecule has 0 bridgehead atoms. The minimum atomic E-state index is -4.67. The lowest BCUT2D eigenvalue weighted by Crippen LogP contribution is -2.11. The second-order valence-corrected chi connectivity index (χ2v) is 6.85. The number of nitrogens with zero attached hydrogens (tertiary/aromatic N) is 4. The fourth-order valence-electron chi connectivity index (χ4n) is 2.81. The normalized spacial score (nSPS) is 11.8. The highest BCUT2D eigenvalue weighted by atomic mass is 79.9. The molecule has 0 spiro atoms. The Morgan fingerprint density at radius 3 is 2.54 bits per heavy atom. The number of carbonyl (C=O) groups is 1. The molecule has 5 nitrogen and oxygen atoms in total. The third-order valence-corrected chi connectivity index (χ3v) is 5.07. The summed E-state index contributed by atoms with van der Waals surface area (Å²) in [4.78, 5) is 11.9. The summed E-state index contributed by atoms with van der Waals surface area (Å²) in [5.74, 6) is -1.14. The van der Waals surface area contributed by atoms with Gasteiger partial charge < -0.3 is 0 Å². The second-order valence-electron chi connectivity index (χ2n) is 6.10. The van der Waals surface area contributed by atoms with Gasteiger partial charge in [0.1, 0.15) is 10.4 Å².